The average Bonchev–Trinajstić information content (AvgIpc) is 2.95. The van der Waals surface area contributed by atoms with E-state index in [0.717, 1.165) is 37.4 Å². The molecule has 24 heavy (non-hydrogen) atoms. The Morgan fingerprint density at radius 1 is 1.12 bits per heavy atom. The number of para-hydroxylation sites is 1. The van der Waals surface area contributed by atoms with Crippen LogP contribution in [0, 0.1) is 10.8 Å². The molecule has 2 aromatic rings. The molecule has 5 heterocycles. The summed E-state index contributed by atoms with van der Waals surface area (Å²) in [7, 11) is 1.72. The Kier molecular flexibility index (Phi) is 2.79. The lowest BCUT2D eigenvalue weighted by atomic mass is 9.60. The minimum absolute atomic E-state index is 0.0223. The number of hydrogen-bond donors (Lipinski definition) is 2. The molecule has 2 N–H and O–H groups in total. The van der Waals surface area contributed by atoms with Crippen LogP contribution in [0.3, 0.4) is 0 Å². The summed E-state index contributed by atoms with van der Waals surface area (Å²) in [5.74, 6) is 0.891. The second-order valence-electron chi connectivity index (χ2n) is 8.52. The number of fused-ring (bicyclic) bond motifs is 1. The van der Waals surface area contributed by atoms with Gasteiger partial charge in [0.15, 0.2) is 0 Å². The Balaban J connectivity index is 1.61. The van der Waals surface area contributed by atoms with Crippen molar-refractivity contribution in [2.24, 2.45) is 10.8 Å². The Morgan fingerprint density at radius 3 is 2.33 bits per heavy atom. The number of hydrogen-bond acceptors (Lipinski definition) is 4. The molecule has 4 bridgehead atoms. The smallest absolute Gasteiger partial charge is 0.142 e. The highest BCUT2D eigenvalue weighted by atomic mass is 16.5. The molecule has 1 aromatic carbocycles. The van der Waals surface area contributed by atoms with Crippen LogP contribution in [0.4, 0.5) is 0 Å². The molecule has 4 fully saturated rings. The molecule has 5 heteroatoms. The summed E-state index contributed by atoms with van der Waals surface area (Å²) in [6.07, 6.45) is 2.22. The van der Waals surface area contributed by atoms with Gasteiger partial charge >= 0.3 is 0 Å². The highest BCUT2D eigenvalue weighted by Gasteiger charge is 2.62. The Labute approximate surface area is 142 Å². The monoisotopic (exact) mass is 327 g/mol. The number of aromatic amines is 1. The van der Waals surface area contributed by atoms with E-state index in [-0.39, 0.29) is 16.9 Å². The number of H-pyrrole nitrogens is 1. The summed E-state index contributed by atoms with van der Waals surface area (Å²) in [6, 6.07) is 6.24. The molecule has 5 nitrogen and oxygen atoms in total. The van der Waals surface area contributed by atoms with E-state index in [0.29, 0.717) is 6.17 Å². The van der Waals surface area contributed by atoms with Gasteiger partial charge in [-0.2, -0.15) is 0 Å². The molecule has 0 spiro atoms. The number of benzene rings is 1. The maximum Gasteiger partial charge on any atom is 0.142 e. The number of rotatable bonds is 2. The lowest BCUT2D eigenvalue weighted by Crippen LogP contribution is -2.76. The summed E-state index contributed by atoms with van der Waals surface area (Å²) in [5, 5.41) is 12.1. The predicted molar refractivity (Wildman–Crippen MR) is 93.0 cm³/mol. The first kappa shape index (κ1) is 14.8. The van der Waals surface area contributed by atoms with E-state index in [2.05, 4.69) is 47.0 Å². The quantitative estimate of drug-likeness (QED) is 0.888. The molecule has 0 radical (unpaired) electrons. The number of aromatic nitrogens is 1. The third-order valence-electron chi connectivity index (χ3n) is 6.48. The van der Waals surface area contributed by atoms with Crippen molar-refractivity contribution in [3.05, 3.63) is 30.0 Å². The lowest BCUT2D eigenvalue weighted by molar-refractivity contribution is -0.253. The topological polar surface area (TPSA) is 51.7 Å². The van der Waals surface area contributed by atoms with Gasteiger partial charge in [0.2, 0.25) is 0 Å². The third-order valence-corrected chi connectivity index (χ3v) is 6.48. The molecule has 4 saturated heterocycles. The van der Waals surface area contributed by atoms with Crippen LogP contribution in [0.5, 0.6) is 5.75 Å². The van der Waals surface area contributed by atoms with Crippen LogP contribution in [0.25, 0.3) is 10.9 Å². The normalized spacial score (nSPS) is 43.5. The molecule has 1 aromatic heterocycles. The Morgan fingerprint density at radius 2 is 1.75 bits per heavy atom. The predicted octanol–water partition coefficient (Wildman–Crippen LogP) is 2.19. The maximum atomic E-state index is 10.8. The maximum absolute atomic E-state index is 10.8. The van der Waals surface area contributed by atoms with E-state index in [1.54, 1.807) is 7.11 Å². The van der Waals surface area contributed by atoms with Gasteiger partial charge in [0.05, 0.1) is 24.9 Å². The number of nitrogens with zero attached hydrogens (tertiary/aromatic N) is 2. The van der Waals surface area contributed by atoms with Crippen molar-refractivity contribution in [2.75, 3.05) is 33.3 Å². The molecule has 4 aliphatic heterocycles. The van der Waals surface area contributed by atoms with Gasteiger partial charge in [-0.15, -0.1) is 0 Å². The molecule has 0 aliphatic carbocycles. The number of ether oxygens (including phenoxy) is 1. The van der Waals surface area contributed by atoms with Crippen molar-refractivity contribution in [3.8, 4) is 5.75 Å². The largest absolute Gasteiger partial charge is 0.495 e. The molecule has 0 saturated carbocycles. The zero-order valence-corrected chi connectivity index (χ0v) is 14.5. The minimum atomic E-state index is -0.207. The zero-order chi connectivity index (χ0) is 16.7. The van der Waals surface area contributed by atoms with Crippen molar-refractivity contribution in [2.45, 2.75) is 26.1 Å². The number of methoxy groups -OCH3 is 1. The van der Waals surface area contributed by atoms with E-state index in [1.165, 1.54) is 10.9 Å². The molecule has 0 atom stereocenters. The highest BCUT2D eigenvalue weighted by Crippen LogP contribution is 2.54. The van der Waals surface area contributed by atoms with E-state index in [4.69, 9.17) is 4.74 Å². The van der Waals surface area contributed by atoms with E-state index in [1.807, 2.05) is 6.07 Å². The standard InChI is InChI=1S/C19H25N3O2/c1-18-8-21-10-19(2,17(18)23)11-22(9-18)16(21)13-7-20-15-12(13)5-4-6-14(15)24-3/h4-7,16-17,20,23H,8-11H2,1-3H3. The van der Waals surface area contributed by atoms with Gasteiger partial charge in [0.1, 0.15) is 5.75 Å². The number of nitrogens with one attached hydrogen (secondary N) is 1. The van der Waals surface area contributed by atoms with E-state index < -0.39 is 0 Å². The third kappa shape index (κ3) is 1.70. The van der Waals surface area contributed by atoms with Crippen LogP contribution >= 0.6 is 0 Å². The van der Waals surface area contributed by atoms with Crippen LogP contribution in [0.15, 0.2) is 24.4 Å². The van der Waals surface area contributed by atoms with Crippen LogP contribution in [-0.4, -0.2) is 59.3 Å². The first-order valence-corrected chi connectivity index (χ1v) is 8.75. The summed E-state index contributed by atoms with van der Waals surface area (Å²) < 4.78 is 5.50. The number of aliphatic hydroxyl groups is 1. The summed E-state index contributed by atoms with van der Waals surface area (Å²) in [5.41, 5.74) is 2.35. The number of piperidine rings is 2. The fourth-order valence-corrected chi connectivity index (χ4v) is 5.76. The second kappa shape index (κ2) is 4.54. The number of aliphatic hydroxyl groups excluding tert-OH is 1. The summed E-state index contributed by atoms with van der Waals surface area (Å²) >= 11 is 0. The summed E-state index contributed by atoms with van der Waals surface area (Å²) in [6.45, 7) is 8.32. The van der Waals surface area contributed by atoms with Gasteiger partial charge in [-0.05, 0) is 6.07 Å². The van der Waals surface area contributed by atoms with Crippen LogP contribution in [0.2, 0.25) is 0 Å². The van der Waals surface area contributed by atoms with Gasteiger partial charge in [0, 0.05) is 54.2 Å². The Bertz CT molecular complexity index is 776. The summed E-state index contributed by atoms with van der Waals surface area (Å²) in [4.78, 5) is 8.53. The fourth-order valence-electron chi connectivity index (χ4n) is 5.76. The van der Waals surface area contributed by atoms with Gasteiger partial charge in [-0.1, -0.05) is 26.0 Å². The first-order valence-electron chi connectivity index (χ1n) is 8.75. The molecule has 0 unspecified atom stereocenters. The minimum Gasteiger partial charge on any atom is -0.495 e. The van der Waals surface area contributed by atoms with Gasteiger partial charge in [-0.3, -0.25) is 9.80 Å². The van der Waals surface area contributed by atoms with Crippen molar-refractivity contribution >= 4 is 10.9 Å². The van der Waals surface area contributed by atoms with E-state index >= 15 is 0 Å². The van der Waals surface area contributed by atoms with E-state index in [9.17, 15) is 5.11 Å². The second-order valence-corrected chi connectivity index (χ2v) is 8.52. The van der Waals surface area contributed by atoms with Crippen molar-refractivity contribution in [1.29, 1.82) is 0 Å². The SMILES string of the molecule is COc1cccc2c(C3N4CC5(C)CN3CC(C)(C4)C5O)c[nH]c12. The van der Waals surface area contributed by atoms with Crippen molar-refractivity contribution in [3.63, 3.8) is 0 Å². The molecule has 4 aliphatic rings. The van der Waals surface area contributed by atoms with Crippen LogP contribution in [0.1, 0.15) is 25.6 Å². The fraction of sp³-hybridized carbons (Fsp3) is 0.579. The van der Waals surface area contributed by atoms with Gasteiger partial charge in [0.25, 0.3) is 0 Å². The highest BCUT2D eigenvalue weighted by molar-refractivity contribution is 5.88. The molecule has 0 amide bonds. The van der Waals surface area contributed by atoms with Crippen LogP contribution in [-0.2, 0) is 0 Å². The van der Waals surface area contributed by atoms with Crippen molar-refractivity contribution < 1.29 is 9.84 Å². The van der Waals surface area contributed by atoms with Crippen molar-refractivity contribution in [1.82, 2.24) is 14.8 Å². The lowest BCUT2D eigenvalue weighted by Gasteiger charge is -2.68. The molecule has 128 valence electrons. The van der Waals surface area contributed by atoms with Crippen LogP contribution < -0.4 is 4.74 Å². The first-order chi connectivity index (χ1) is 11.5. The Hall–Kier alpha value is -1.56. The van der Waals surface area contributed by atoms with Gasteiger partial charge in [-0.25, -0.2) is 0 Å². The molecular weight excluding hydrogens is 302 g/mol. The zero-order valence-electron chi connectivity index (χ0n) is 14.5. The van der Waals surface area contributed by atoms with Gasteiger partial charge < -0.3 is 14.8 Å². The molecular formula is C19H25N3O2. The average molecular weight is 327 g/mol. The molecule has 6 rings (SSSR count).